The monoisotopic (exact) mass is 500 g/mol. The smallest absolute Gasteiger partial charge is 0.271 e. The number of para-hydroxylation sites is 1. The van der Waals surface area contributed by atoms with Crippen LogP contribution in [0.25, 0.3) is 23.0 Å². The van der Waals surface area contributed by atoms with Gasteiger partial charge in [-0.15, -0.1) is 0 Å². The van der Waals surface area contributed by atoms with Crippen LogP contribution < -0.4 is 4.74 Å². The van der Waals surface area contributed by atoms with E-state index < -0.39 is 11.8 Å². The summed E-state index contributed by atoms with van der Waals surface area (Å²) in [4.78, 5) is 27.9. The molecule has 7 nitrogen and oxygen atoms in total. The fraction of sp³-hybridized carbons (Fsp3) is 0.0968. The molecule has 0 fully saturated rings. The largest absolute Gasteiger partial charge is 0.497 e. The minimum atomic E-state index is -0.594. The molecule has 0 unspecified atom stereocenters. The number of nitrogens with zero attached hydrogens (tertiary/aromatic N) is 4. The van der Waals surface area contributed by atoms with Crippen LogP contribution in [0.4, 0.5) is 0 Å². The van der Waals surface area contributed by atoms with Crippen LogP contribution in [-0.4, -0.2) is 33.6 Å². The lowest BCUT2D eigenvalue weighted by molar-refractivity contribution is -0.141. The van der Waals surface area contributed by atoms with Crippen molar-refractivity contribution >= 4 is 17.9 Å². The predicted octanol–water partition coefficient (Wildman–Crippen LogP) is 5.34. The molecule has 38 heavy (non-hydrogen) atoms. The molecular formula is C31H24N4O3. The molecule has 2 amide bonds. The zero-order valence-electron chi connectivity index (χ0n) is 21.0. The van der Waals surface area contributed by atoms with Gasteiger partial charge in [0.25, 0.3) is 11.8 Å². The van der Waals surface area contributed by atoms with Crippen LogP contribution in [0.3, 0.4) is 0 Å². The number of hydrogen-bond acceptors (Lipinski definition) is 5. The number of amides is 2. The molecule has 5 rings (SSSR count). The first-order valence-corrected chi connectivity index (χ1v) is 12.0. The highest BCUT2D eigenvalue weighted by atomic mass is 16.5. The van der Waals surface area contributed by atoms with Gasteiger partial charge in [0.2, 0.25) is 0 Å². The Hall–Kier alpha value is -5.22. The van der Waals surface area contributed by atoms with Crippen molar-refractivity contribution in [2.75, 3.05) is 7.11 Å². The van der Waals surface area contributed by atoms with E-state index in [0.717, 1.165) is 21.7 Å². The SMILES string of the molecule is COc1cccc(-c2nn(-c3ccccc3)cc2/C=C2/C(=O)N(Cc3ccccc3)C(=O)C(C#N)=C2C)c1. The van der Waals surface area contributed by atoms with Crippen LogP contribution in [0.1, 0.15) is 18.1 Å². The minimum Gasteiger partial charge on any atom is -0.497 e. The van der Waals surface area contributed by atoms with Gasteiger partial charge in [0, 0.05) is 22.9 Å². The summed E-state index contributed by atoms with van der Waals surface area (Å²) < 4.78 is 7.15. The van der Waals surface area contributed by atoms with Gasteiger partial charge in [-0.25, -0.2) is 4.68 Å². The van der Waals surface area contributed by atoms with E-state index in [1.807, 2.05) is 97.2 Å². The molecule has 0 aliphatic carbocycles. The number of aromatic nitrogens is 2. The van der Waals surface area contributed by atoms with Crippen molar-refractivity contribution < 1.29 is 14.3 Å². The molecule has 3 aromatic carbocycles. The van der Waals surface area contributed by atoms with Gasteiger partial charge in [-0.05, 0) is 48.4 Å². The Labute approximate surface area is 220 Å². The van der Waals surface area contributed by atoms with E-state index in [1.54, 1.807) is 24.8 Å². The van der Waals surface area contributed by atoms with Gasteiger partial charge in [0.05, 0.1) is 19.3 Å². The van der Waals surface area contributed by atoms with Crippen molar-refractivity contribution in [1.29, 1.82) is 5.26 Å². The van der Waals surface area contributed by atoms with Gasteiger partial charge < -0.3 is 4.74 Å². The summed E-state index contributed by atoms with van der Waals surface area (Å²) in [5.41, 5.74) is 4.30. The molecule has 0 N–H and O–H groups in total. The van der Waals surface area contributed by atoms with Crippen LogP contribution in [0.15, 0.2) is 108 Å². The molecule has 2 heterocycles. The first kappa shape index (κ1) is 24.5. The van der Waals surface area contributed by atoms with Crippen molar-refractivity contribution in [1.82, 2.24) is 14.7 Å². The Kier molecular flexibility index (Phi) is 6.70. The second-order valence-electron chi connectivity index (χ2n) is 8.80. The zero-order valence-corrected chi connectivity index (χ0v) is 21.0. The minimum absolute atomic E-state index is 0.0508. The molecule has 1 aliphatic rings. The number of carbonyl (C=O) groups excluding carboxylic acids is 2. The predicted molar refractivity (Wildman–Crippen MR) is 144 cm³/mol. The average Bonchev–Trinajstić information content (AvgIpc) is 3.39. The first-order chi connectivity index (χ1) is 18.5. The van der Waals surface area contributed by atoms with Crippen LogP contribution in [0, 0.1) is 11.3 Å². The Balaban J connectivity index is 1.66. The van der Waals surface area contributed by atoms with Crippen LogP contribution in [0.5, 0.6) is 5.75 Å². The summed E-state index contributed by atoms with van der Waals surface area (Å²) >= 11 is 0. The fourth-order valence-corrected chi connectivity index (χ4v) is 4.40. The number of imide groups is 1. The quantitative estimate of drug-likeness (QED) is 0.263. The third kappa shape index (κ3) is 4.63. The van der Waals surface area contributed by atoms with Crippen molar-refractivity contribution in [3.8, 4) is 28.8 Å². The van der Waals surface area contributed by atoms with Gasteiger partial charge in [-0.1, -0.05) is 60.7 Å². The topological polar surface area (TPSA) is 88.2 Å². The lowest BCUT2D eigenvalue weighted by Gasteiger charge is -2.27. The number of hydrogen-bond donors (Lipinski definition) is 0. The van der Waals surface area contributed by atoms with Gasteiger partial charge in [0.1, 0.15) is 23.1 Å². The summed E-state index contributed by atoms with van der Waals surface area (Å²) in [6.07, 6.45) is 3.54. The number of nitriles is 1. The van der Waals surface area contributed by atoms with E-state index in [-0.39, 0.29) is 17.7 Å². The van der Waals surface area contributed by atoms with Crippen molar-refractivity contribution in [3.63, 3.8) is 0 Å². The van der Waals surface area contributed by atoms with E-state index in [2.05, 4.69) is 0 Å². The van der Waals surface area contributed by atoms with Gasteiger partial charge in [-0.3, -0.25) is 14.5 Å². The maximum Gasteiger partial charge on any atom is 0.271 e. The number of carbonyl (C=O) groups is 2. The van der Waals surface area contributed by atoms with Crippen LogP contribution >= 0.6 is 0 Å². The van der Waals surface area contributed by atoms with E-state index in [4.69, 9.17) is 9.84 Å². The molecule has 1 aromatic heterocycles. The maximum absolute atomic E-state index is 13.7. The number of rotatable bonds is 6. The third-order valence-electron chi connectivity index (χ3n) is 6.42. The molecular weight excluding hydrogens is 476 g/mol. The summed E-state index contributed by atoms with van der Waals surface area (Å²) in [6, 6.07) is 28.4. The normalized spacial score (nSPS) is 14.7. The van der Waals surface area contributed by atoms with E-state index >= 15 is 0 Å². The molecule has 0 saturated heterocycles. The molecule has 0 radical (unpaired) electrons. The Morgan fingerprint density at radius 2 is 1.66 bits per heavy atom. The molecule has 7 heteroatoms. The molecule has 0 spiro atoms. The van der Waals surface area contributed by atoms with Crippen molar-refractivity contribution in [2.45, 2.75) is 13.5 Å². The van der Waals surface area contributed by atoms with E-state index in [0.29, 0.717) is 22.6 Å². The molecule has 0 saturated carbocycles. The van der Waals surface area contributed by atoms with Crippen molar-refractivity contribution in [2.24, 2.45) is 0 Å². The first-order valence-electron chi connectivity index (χ1n) is 12.0. The second kappa shape index (κ2) is 10.4. The van der Waals surface area contributed by atoms with Crippen LogP contribution in [0.2, 0.25) is 0 Å². The Bertz CT molecular complexity index is 1630. The average molecular weight is 501 g/mol. The number of ether oxygens (including phenoxy) is 1. The number of benzene rings is 3. The van der Waals surface area contributed by atoms with Gasteiger partial charge >= 0.3 is 0 Å². The standard InChI is InChI=1S/C31H24N4O3/c1-21-27(30(36)34(31(37)28(21)18-32)19-22-10-5-3-6-11-22)17-24-20-35(25-13-7-4-8-14-25)33-29(24)23-12-9-15-26(16-23)38-2/h3-17,20H,19H2,1-2H3/b27-17+. The molecule has 0 atom stereocenters. The summed E-state index contributed by atoms with van der Waals surface area (Å²) in [5.74, 6) is -0.380. The highest BCUT2D eigenvalue weighted by Crippen LogP contribution is 2.32. The second-order valence-corrected chi connectivity index (χ2v) is 8.80. The van der Waals surface area contributed by atoms with Gasteiger partial charge in [0.15, 0.2) is 0 Å². The van der Waals surface area contributed by atoms with E-state index in [9.17, 15) is 14.9 Å². The highest BCUT2D eigenvalue weighted by Gasteiger charge is 2.35. The fourth-order valence-electron chi connectivity index (χ4n) is 4.40. The Morgan fingerprint density at radius 1 is 0.947 bits per heavy atom. The van der Waals surface area contributed by atoms with Gasteiger partial charge in [-0.2, -0.15) is 10.4 Å². The molecule has 4 aromatic rings. The number of methoxy groups -OCH3 is 1. The molecule has 186 valence electrons. The molecule has 1 aliphatic heterocycles. The van der Waals surface area contributed by atoms with Crippen molar-refractivity contribution in [3.05, 3.63) is 119 Å². The lowest BCUT2D eigenvalue weighted by atomic mass is 9.93. The molecule has 0 bridgehead atoms. The highest BCUT2D eigenvalue weighted by molar-refractivity contribution is 6.19. The van der Waals surface area contributed by atoms with Crippen LogP contribution in [-0.2, 0) is 16.1 Å². The lowest BCUT2D eigenvalue weighted by Crippen LogP contribution is -2.42. The maximum atomic E-state index is 13.7. The summed E-state index contributed by atoms with van der Waals surface area (Å²) in [5, 5.41) is 14.6. The summed E-state index contributed by atoms with van der Waals surface area (Å²) in [6.45, 7) is 1.70. The summed E-state index contributed by atoms with van der Waals surface area (Å²) in [7, 11) is 1.60. The third-order valence-corrected chi connectivity index (χ3v) is 6.42. The Morgan fingerprint density at radius 3 is 2.34 bits per heavy atom. The zero-order chi connectivity index (χ0) is 26.6. The van der Waals surface area contributed by atoms with E-state index in [1.165, 1.54) is 0 Å².